The maximum absolute atomic E-state index is 5.04. The summed E-state index contributed by atoms with van der Waals surface area (Å²) in [5.74, 6) is 5.56. The van der Waals surface area contributed by atoms with Crippen LogP contribution in [0.5, 0.6) is 0 Å². The van der Waals surface area contributed by atoms with Crippen LogP contribution in [0.25, 0.3) is 79.7 Å². The minimum atomic E-state index is -0.287. The first-order valence-electron chi connectivity index (χ1n) is 18.6. The van der Waals surface area contributed by atoms with E-state index in [0.29, 0.717) is 46.6 Å². The van der Waals surface area contributed by atoms with Gasteiger partial charge in [-0.2, -0.15) is 0 Å². The maximum atomic E-state index is 5.04. The highest BCUT2D eigenvalue weighted by molar-refractivity contribution is 5.72. The monoisotopic (exact) mass is 731 g/mol. The lowest BCUT2D eigenvalue weighted by molar-refractivity contribution is 0.543. The van der Waals surface area contributed by atoms with Crippen molar-refractivity contribution in [3.63, 3.8) is 0 Å². The van der Waals surface area contributed by atoms with Crippen LogP contribution in [-0.4, -0.2) is 44.9 Å². The first-order valence-corrected chi connectivity index (χ1v) is 18.6. The number of benzene rings is 5. The van der Waals surface area contributed by atoms with Crippen molar-refractivity contribution in [2.45, 2.75) is 52.4 Å². The summed E-state index contributed by atoms with van der Waals surface area (Å²) in [5, 5.41) is 0. The molecule has 0 saturated heterocycles. The van der Waals surface area contributed by atoms with Crippen LogP contribution in [0.4, 0.5) is 0 Å². The molecule has 9 heteroatoms. The molecule has 8 rings (SSSR count). The minimum Gasteiger partial charge on any atom is -0.212 e. The minimum absolute atomic E-state index is 0.268. The molecule has 3 aromatic heterocycles. The summed E-state index contributed by atoms with van der Waals surface area (Å²) in [4.78, 5) is 44.4. The Kier molecular flexibility index (Phi) is 9.52. The molecule has 0 N–H and O–H groups in total. The van der Waals surface area contributed by atoms with Crippen LogP contribution in [-0.2, 0) is 10.8 Å². The summed E-state index contributed by atoms with van der Waals surface area (Å²) in [7, 11) is 0. The zero-order valence-corrected chi connectivity index (χ0v) is 32.3. The van der Waals surface area contributed by atoms with Crippen LogP contribution < -0.4 is 0 Å². The molecule has 0 aliphatic heterocycles. The van der Waals surface area contributed by atoms with Crippen molar-refractivity contribution >= 4 is 0 Å². The van der Waals surface area contributed by atoms with Gasteiger partial charge in [0.2, 0.25) is 0 Å². The Labute approximate surface area is 327 Å². The second-order valence-corrected chi connectivity index (χ2v) is 15.7. The van der Waals surface area contributed by atoms with Gasteiger partial charge in [-0.15, -0.1) is 0 Å². The Balaban J connectivity index is 1.20. The third kappa shape index (κ3) is 7.84. The zero-order valence-electron chi connectivity index (χ0n) is 32.3. The standard InChI is InChI=1S/C47H41N9/c1-46(2,3)44-53-39(31-19-12-8-13-20-31)51-41(55-44)34-27-25-33(26-28-34)38-48-37(30-17-10-7-11-18-30)49-42(50-38)35-23-16-24-36(29-35)43-52-40(32-21-14-9-15-22-32)54-45(56-43)47(4,5)6/h7-29H,1-6H3. The topological polar surface area (TPSA) is 116 Å². The van der Waals surface area contributed by atoms with E-state index >= 15 is 0 Å². The fraction of sp³-hybridized carbons (Fsp3) is 0.170. The van der Waals surface area contributed by atoms with Gasteiger partial charge in [-0.3, -0.25) is 0 Å². The van der Waals surface area contributed by atoms with Crippen molar-refractivity contribution in [3.8, 4) is 79.7 Å². The van der Waals surface area contributed by atoms with E-state index < -0.39 is 0 Å². The summed E-state index contributed by atoms with van der Waals surface area (Å²) in [6, 6.07) is 46.0. The van der Waals surface area contributed by atoms with Crippen molar-refractivity contribution in [1.29, 1.82) is 0 Å². The quantitative estimate of drug-likeness (QED) is 0.158. The molecule has 9 nitrogen and oxygen atoms in total. The lowest BCUT2D eigenvalue weighted by Crippen LogP contribution is -2.18. The Morgan fingerprint density at radius 3 is 0.786 bits per heavy atom. The highest BCUT2D eigenvalue weighted by atomic mass is 15.1. The van der Waals surface area contributed by atoms with E-state index in [2.05, 4.69) is 41.5 Å². The maximum Gasteiger partial charge on any atom is 0.164 e. The summed E-state index contributed by atoms with van der Waals surface area (Å²) in [6.45, 7) is 12.6. The van der Waals surface area contributed by atoms with Crippen LogP contribution in [0.3, 0.4) is 0 Å². The van der Waals surface area contributed by atoms with E-state index in [0.717, 1.165) is 44.8 Å². The molecule has 0 bridgehead atoms. The molecule has 3 heterocycles. The molecule has 56 heavy (non-hydrogen) atoms. The average Bonchev–Trinajstić information content (AvgIpc) is 3.23. The van der Waals surface area contributed by atoms with Crippen LogP contribution in [0.1, 0.15) is 53.2 Å². The van der Waals surface area contributed by atoms with E-state index in [1.165, 1.54) is 0 Å². The first kappa shape index (κ1) is 36.1. The second-order valence-electron chi connectivity index (χ2n) is 15.7. The van der Waals surface area contributed by atoms with Crippen LogP contribution in [0.15, 0.2) is 140 Å². The molecular formula is C47H41N9. The summed E-state index contributed by atoms with van der Waals surface area (Å²) in [5.41, 5.74) is 5.55. The Morgan fingerprint density at radius 2 is 0.482 bits per heavy atom. The Hall–Kier alpha value is -6.87. The third-order valence-electron chi connectivity index (χ3n) is 9.12. The SMILES string of the molecule is CC(C)(C)c1nc(-c2ccccc2)nc(-c2ccc(-c3nc(-c4ccccc4)nc(-c4cccc(-c5nc(-c6ccccc6)nc(C(C)(C)C)n5)c4)n3)cc2)n1. The van der Waals surface area contributed by atoms with Crippen LogP contribution in [0, 0.1) is 0 Å². The van der Waals surface area contributed by atoms with Gasteiger partial charge >= 0.3 is 0 Å². The lowest BCUT2D eigenvalue weighted by Gasteiger charge is -2.18. The van der Waals surface area contributed by atoms with Crippen molar-refractivity contribution in [1.82, 2.24) is 44.9 Å². The normalized spacial score (nSPS) is 11.8. The largest absolute Gasteiger partial charge is 0.212 e. The van der Waals surface area contributed by atoms with E-state index in [1.54, 1.807) is 0 Å². The summed E-state index contributed by atoms with van der Waals surface area (Å²) < 4.78 is 0. The molecule has 0 aliphatic rings. The predicted molar refractivity (Wildman–Crippen MR) is 222 cm³/mol. The van der Waals surface area contributed by atoms with Crippen molar-refractivity contribution in [2.75, 3.05) is 0 Å². The average molecular weight is 732 g/mol. The van der Waals surface area contributed by atoms with Gasteiger partial charge in [0.15, 0.2) is 40.8 Å². The Morgan fingerprint density at radius 1 is 0.250 bits per heavy atom. The second kappa shape index (κ2) is 14.8. The molecule has 5 aromatic carbocycles. The molecule has 0 saturated carbocycles. The molecule has 0 radical (unpaired) electrons. The van der Waals surface area contributed by atoms with Gasteiger partial charge in [0.1, 0.15) is 11.6 Å². The number of rotatable bonds is 7. The van der Waals surface area contributed by atoms with E-state index in [4.69, 9.17) is 44.9 Å². The van der Waals surface area contributed by atoms with E-state index in [9.17, 15) is 0 Å². The molecular weight excluding hydrogens is 691 g/mol. The van der Waals surface area contributed by atoms with Gasteiger partial charge in [-0.05, 0) is 6.07 Å². The van der Waals surface area contributed by atoms with Crippen LogP contribution in [0.2, 0.25) is 0 Å². The van der Waals surface area contributed by atoms with Gasteiger partial charge < -0.3 is 0 Å². The van der Waals surface area contributed by atoms with Gasteiger partial charge in [0, 0.05) is 49.8 Å². The summed E-state index contributed by atoms with van der Waals surface area (Å²) in [6.07, 6.45) is 0. The highest BCUT2D eigenvalue weighted by Crippen LogP contribution is 2.31. The molecule has 8 aromatic rings. The number of nitrogens with zero attached hydrogens (tertiary/aromatic N) is 9. The number of hydrogen-bond donors (Lipinski definition) is 0. The van der Waals surface area contributed by atoms with Crippen molar-refractivity contribution in [2.24, 2.45) is 0 Å². The van der Waals surface area contributed by atoms with Gasteiger partial charge in [-0.25, -0.2) is 44.9 Å². The molecule has 0 unspecified atom stereocenters. The fourth-order valence-electron chi connectivity index (χ4n) is 6.03. The van der Waals surface area contributed by atoms with Gasteiger partial charge in [-0.1, -0.05) is 175 Å². The number of hydrogen-bond acceptors (Lipinski definition) is 9. The molecule has 0 spiro atoms. The summed E-state index contributed by atoms with van der Waals surface area (Å²) >= 11 is 0. The zero-order chi connectivity index (χ0) is 38.9. The van der Waals surface area contributed by atoms with Crippen LogP contribution >= 0.6 is 0 Å². The first-order chi connectivity index (χ1) is 27.0. The van der Waals surface area contributed by atoms with Crippen molar-refractivity contribution in [3.05, 3.63) is 151 Å². The Bertz CT molecular complexity index is 2630. The van der Waals surface area contributed by atoms with E-state index in [-0.39, 0.29) is 10.8 Å². The molecule has 0 fully saturated rings. The number of aromatic nitrogens is 9. The fourth-order valence-corrected chi connectivity index (χ4v) is 6.03. The third-order valence-corrected chi connectivity index (χ3v) is 9.12. The van der Waals surface area contributed by atoms with Gasteiger partial charge in [0.05, 0.1) is 0 Å². The predicted octanol–water partition coefficient (Wildman–Crippen LogP) is 10.5. The van der Waals surface area contributed by atoms with Gasteiger partial charge in [0.25, 0.3) is 0 Å². The molecule has 0 aliphatic carbocycles. The lowest BCUT2D eigenvalue weighted by atomic mass is 9.95. The molecule has 0 amide bonds. The van der Waals surface area contributed by atoms with Crippen molar-refractivity contribution < 1.29 is 0 Å². The highest BCUT2D eigenvalue weighted by Gasteiger charge is 2.23. The smallest absolute Gasteiger partial charge is 0.164 e. The molecule has 0 atom stereocenters. The molecule has 274 valence electrons. The van der Waals surface area contributed by atoms with E-state index in [1.807, 2.05) is 140 Å².